The molecule has 0 radical (unpaired) electrons. The van der Waals surface area contributed by atoms with Gasteiger partial charge in [-0.25, -0.2) is 0 Å². The lowest BCUT2D eigenvalue weighted by Gasteiger charge is -2.30. The summed E-state index contributed by atoms with van der Waals surface area (Å²) >= 11 is 0. The second kappa shape index (κ2) is 4.63. The van der Waals surface area contributed by atoms with Crippen molar-refractivity contribution in [2.45, 2.75) is 46.1 Å². The summed E-state index contributed by atoms with van der Waals surface area (Å²) in [6.07, 6.45) is 2.12. The van der Waals surface area contributed by atoms with Crippen LogP contribution in [-0.4, -0.2) is 18.0 Å². The average molecular weight is 246 g/mol. The van der Waals surface area contributed by atoms with Crippen LogP contribution in [0.4, 0.5) is 11.4 Å². The van der Waals surface area contributed by atoms with Gasteiger partial charge in [-0.15, -0.1) is 0 Å². The third kappa shape index (κ3) is 2.84. The van der Waals surface area contributed by atoms with Gasteiger partial charge in [0.2, 0.25) is 5.91 Å². The second-order valence-electron chi connectivity index (χ2n) is 5.99. The van der Waals surface area contributed by atoms with E-state index in [1.165, 1.54) is 5.56 Å². The van der Waals surface area contributed by atoms with Gasteiger partial charge >= 0.3 is 0 Å². The highest BCUT2D eigenvalue weighted by molar-refractivity contribution is 5.93. The van der Waals surface area contributed by atoms with Crippen LogP contribution in [0, 0.1) is 0 Å². The van der Waals surface area contributed by atoms with E-state index in [2.05, 4.69) is 44.3 Å². The first-order chi connectivity index (χ1) is 8.37. The van der Waals surface area contributed by atoms with Gasteiger partial charge in [0.15, 0.2) is 0 Å². The number of benzene rings is 1. The quantitative estimate of drug-likeness (QED) is 0.825. The normalized spacial score (nSPS) is 15.2. The summed E-state index contributed by atoms with van der Waals surface area (Å²) in [7, 11) is 0. The van der Waals surface area contributed by atoms with Crippen LogP contribution in [0.25, 0.3) is 0 Å². The number of hydrogen-bond acceptors (Lipinski definition) is 2. The number of rotatable bonds is 1. The lowest BCUT2D eigenvalue weighted by Crippen LogP contribution is -2.34. The summed E-state index contributed by atoms with van der Waals surface area (Å²) < 4.78 is 0. The first kappa shape index (κ1) is 12.9. The summed E-state index contributed by atoms with van der Waals surface area (Å²) in [6, 6.07) is 6.34. The Kier molecular flexibility index (Phi) is 3.33. The monoisotopic (exact) mass is 246 g/mol. The maximum absolute atomic E-state index is 11.7. The van der Waals surface area contributed by atoms with Gasteiger partial charge in [-0.05, 0) is 51.3 Å². The Hall–Kier alpha value is -1.51. The van der Waals surface area contributed by atoms with E-state index in [1.807, 2.05) is 4.90 Å². The fraction of sp³-hybridized carbons (Fsp3) is 0.533. The molecule has 3 heteroatoms. The Morgan fingerprint density at radius 2 is 2.06 bits per heavy atom. The van der Waals surface area contributed by atoms with E-state index in [-0.39, 0.29) is 11.4 Å². The number of hydrogen-bond donors (Lipinski definition) is 1. The molecule has 0 aliphatic carbocycles. The molecule has 0 fully saturated rings. The van der Waals surface area contributed by atoms with Gasteiger partial charge in [0.1, 0.15) is 0 Å². The predicted octanol–water partition coefficient (Wildman–Crippen LogP) is 3.20. The van der Waals surface area contributed by atoms with Crippen LogP contribution < -0.4 is 10.2 Å². The standard InChI is InChI=1S/C15H22N2O/c1-11(18)17-9-5-6-12-7-8-13(10-14(12)17)16-15(2,3)4/h7-8,10,16H,5-6,9H2,1-4H3. The molecule has 0 saturated heterocycles. The molecular formula is C15H22N2O. The van der Waals surface area contributed by atoms with Crippen molar-refractivity contribution in [2.24, 2.45) is 0 Å². The largest absolute Gasteiger partial charge is 0.380 e. The molecule has 0 atom stereocenters. The predicted molar refractivity (Wildman–Crippen MR) is 76.2 cm³/mol. The molecule has 1 N–H and O–H groups in total. The minimum Gasteiger partial charge on any atom is -0.380 e. The molecule has 0 saturated carbocycles. The van der Waals surface area contributed by atoms with Crippen LogP contribution in [-0.2, 0) is 11.2 Å². The third-order valence-electron chi connectivity index (χ3n) is 3.10. The van der Waals surface area contributed by atoms with E-state index >= 15 is 0 Å². The molecule has 0 spiro atoms. The zero-order valence-corrected chi connectivity index (χ0v) is 11.7. The van der Waals surface area contributed by atoms with E-state index in [0.717, 1.165) is 30.8 Å². The SMILES string of the molecule is CC(=O)N1CCCc2ccc(NC(C)(C)C)cc21. The lowest BCUT2D eigenvalue weighted by molar-refractivity contribution is -0.116. The number of fused-ring (bicyclic) bond motifs is 1. The van der Waals surface area contributed by atoms with E-state index < -0.39 is 0 Å². The van der Waals surface area contributed by atoms with Gasteiger partial charge in [-0.2, -0.15) is 0 Å². The number of nitrogens with one attached hydrogen (secondary N) is 1. The van der Waals surface area contributed by atoms with E-state index in [4.69, 9.17) is 0 Å². The molecule has 1 aliphatic rings. The molecule has 98 valence electrons. The summed E-state index contributed by atoms with van der Waals surface area (Å²) in [5, 5.41) is 3.45. The summed E-state index contributed by atoms with van der Waals surface area (Å²) in [5.41, 5.74) is 3.46. The van der Waals surface area contributed by atoms with Gasteiger partial charge in [0.05, 0.1) is 0 Å². The molecule has 0 aromatic heterocycles. The number of nitrogens with zero attached hydrogens (tertiary/aromatic N) is 1. The third-order valence-corrected chi connectivity index (χ3v) is 3.10. The van der Waals surface area contributed by atoms with E-state index in [1.54, 1.807) is 6.92 Å². The van der Waals surface area contributed by atoms with Crippen LogP contribution in [0.2, 0.25) is 0 Å². The molecule has 3 nitrogen and oxygen atoms in total. The molecule has 1 amide bonds. The number of amides is 1. The Labute approximate surface area is 109 Å². The van der Waals surface area contributed by atoms with Crippen molar-refractivity contribution in [1.29, 1.82) is 0 Å². The Bertz CT molecular complexity index is 460. The van der Waals surface area contributed by atoms with Gasteiger partial charge in [0.25, 0.3) is 0 Å². The Morgan fingerprint density at radius 3 is 2.67 bits per heavy atom. The minimum atomic E-state index is 0.0317. The van der Waals surface area contributed by atoms with E-state index in [9.17, 15) is 4.79 Å². The van der Waals surface area contributed by atoms with Crippen LogP contribution >= 0.6 is 0 Å². The van der Waals surface area contributed by atoms with Crippen molar-refractivity contribution in [3.63, 3.8) is 0 Å². The Morgan fingerprint density at radius 1 is 1.33 bits per heavy atom. The first-order valence-electron chi connectivity index (χ1n) is 6.56. The number of carbonyl (C=O) groups excluding carboxylic acids is 1. The topological polar surface area (TPSA) is 32.3 Å². The van der Waals surface area contributed by atoms with Crippen LogP contribution in [0.3, 0.4) is 0 Å². The zero-order chi connectivity index (χ0) is 13.3. The molecule has 1 aliphatic heterocycles. The molecule has 0 bridgehead atoms. The van der Waals surface area contributed by atoms with Crippen molar-refractivity contribution in [3.8, 4) is 0 Å². The number of aryl methyl sites for hydroxylation is 1. The molecule has 0 unspecified atom stereocenters. The van der Waals surface area contributed by atoms with Gasteiger partial charge in [0, 0.05) is 30.4 Å². The van der Waals surface area contributed by atoms with Crippen molar-refractivity contribution >= 4 is 17.3 Å². The van der Waals surface area contributed by atoms with Gasteiger partial charge in [-0.3, -0.25) is 4.79 Å². The summed E-state index contributed by atoms with van der Waals surface area (Å²) in [5.74, 6) is 0.129. The smallest absolute Gasteiger partial charge is 0.223 e. The fourth-order valence-electron chi connectivity index (χ4n) is 2.41. The van der Waals surface area contributed by atoms with Crippen molar-refractivity contribution < 1.29 is 4.79 Å². The van der Waals surface area contributed by atoms with Crippen LogP contribution in [0.15, 0.2) is 18.2 Å². The molecular weight excluding hydrogens is 224 g/mol. The van der Waals surface area contributed by atoms with E-state index in [0.29, 0.717) is 0 Å². The van der Waals surface area contributed by atoms with Gasteiger partial charge < -0.3 is 10.2 Å². The fourth-order valence-corrected chi connectivity index (χ4v) is 2.41. The maximum atomic E-state index is 11.7. The molecule has 1 aromatic rings. The summed E-state index contributed by atoms with van der Waals surface area (Å²) in [6.45, 7) is 8.87. The maximum Gasteiger partial charge on any atom is 0.223 e. The average Bonchev–Trinajstić information content (AvgIpc) is 2.25. The van der Waals surface area contributed by atoms with Crippen LogP contribution in [0.5, 0.6) is 0 Å². The van der Waals surface area contributed by atoms with Crippen molar-refractivity contribution in [2.75, 3.05) is 16.8 Å². The zero-order valence-electron chi connectivity index (χ0n) is 11.7. The Balaban J connectivity index is 2.34. The highest BCUT2D eigenvalue weighted by atomic mass is 16.2. The van der Waals surface area contributed by atoms with Crippen molar-refractivity contribution in [1.82, 2.24) is 0 Å². The summed E-state index contributed by atoms with van der Waals surface area (Å²) in [4.78, 5) is 13.5. The number of anilines is 2. The van der Waals surface area contributed by atoms with Crippen molar-refractivity contribution in [3.05, 3.63) is 23.8 Å². The number of carbonyl (C=O) groups is 1. The minimum absolute atomic E-state index is 0.0317. The molecule has 18 heavy (non-hydrogen) atoms. The molecule has 1 aromatic carbocycles. The van der Waals surface area contributed by atoms with Crippen LogP contribution in [0.1, 0.15) is 39.7 Å². The first-order valence-corrected chi connectivity index (χ1v) is 6.56. The highest BCUT2D eigenvalue weighted by Crippen LogP contribution is 2.31. The van der Waals surface area contributed by atoms with Gasteiger partial charge in [-0.1, -0.05) is 6.07 Å². The second-order valence-corrected chi connectivity index (χ2v) is 5.99. The molecule has 1 heterocycles. The molecule has 2 rings (SSSR count). The highest BCUT2D eigenvalue weighted by Gasteiger charge is 2.20. The lowest BCUT2D eigenvalue weighted by atomic mass is 10.00.